The minimum absolute atomic E-state index is 0.0978. The van der Waals surface area contributed by atoms with Crippen LogP contribution in [0.25, 0.3) is 0 Å². The fourth-order valence-electron chi connectivity index (χ4n) is 2.88. The molecule has 3 atom stereocenters. The van der Waals surface area contributed by atoms with Crippen LogP contribution in [0.2, 0.25) is 0 Å². The molecular formula is C13H21N3O. The molecule has 2 aliphatic heterocycles. The van der Waals surface area contributed by atoms with E-state index >= 15 is 0 Å². The molecule has 0 saturated carbocycles. The number of nitrogens with zero attached hydrogens (tertiary/aromatic N) is 1. The Bertz CT molecular complexity index is 323. The zero-order valence-electron chi connectivity index (χ0n) is 10.2. The molecule has 2 saturated heterocycles. The van der Waals surface area contributed by atoms with E-state index in [4.69, 9.17) is 12.2 Å². The SMILES string of the molecule is C#CCC(N)C(=O)NC1CCN2CCCC2C1. The number of piperidine rings is 1. The van der Waals surface area contributed by atoms with Crippen LogP contribution < -0.4 is 11.1 Å². The highest BCUT2D eigenvalue weighted by Crippen LogP contribution is 2.26. The van der Waals surface area contributed by atoms with Crippen molar-refractivity contribution in [2.24, 2.45) is 5.73 Å². The number of nitrogens with one attached hydrogen (secondary N) is 1. The van der Waals surface area contributed by atoms with Crippen LogP contribution >= 0.6 is 0 Å². The van der Waals surface area contributed by atoms with E-state index in [1.165, 1.54) is 19.4 Å². The Kier molecular flexibility index (Phi) is 4.03. The number of terminal acetylenes is 1. The molecular weight excluding hydrogens is 214 g/mol. The molecule has 0 aromatic carbocycles. The second-order valence-electron chi connectivity index (χ2n) is 5.08. The van der Waals surface area contributed by atoms with Gasteiger partial charge in [0.15, 0.2) is 0 Å². The van der Waals surface area contributed by atoms with Gasteiger partial charge in [0, 0.05) is 25.0 Å². The minimum Gasteiger partial charge on any atom is -0.352 e. The number of amides is 1. The second kappa shape index (κ2) is 5.52. The Hall–Kier alpha value is -1.05. The number of nitrogens with two attached hydrogens (primary N) is 1. The van der Waals surface area contributed by atoms with Crippen molar-refractivity contribution in [2.45, 2.75) is 50.2 Å². The van der Waals surface area contributed by atoms with Crippen molar-refractivity contribution < 1.29 is 4.79 Å². The summed E-state index contributed by atoms with van der Waals surface area (Å²) in [6, 6.07) is 0.394. The lowest BCUT2D eigenvalue weighted by atomic mass is 9.97. The number of hydrogen-bond donors (Lipinski definition) is 2. The maximum atomic E-state index is 11.7. The van der Waals surface area contributed by atoms with Crippen LogP contribution in [0.3, 0.4) is 0 Å². The molecule has 0 spiro atoms. The Labute approximate surface area is 103 Å². The van der Waals surface area contributed by atoms with Gasteiger partial charge in [-0.05, 0) is 32.2 Å². The molecule has 0 aromatic heterocycles. The average molecular weight is 235 g/mol. The molecule has 3 N–H and O–H groups in total. The average Bonchev–Trinajstić information content (AvgIpc) is 2.76. The first-order valence-electron chi connectivity index (χ1n) is 6.44. The van der Waals surface area contributed by atoms with Crippen LogP contribution in [0, 0.1) is 12.3 Å². The lowest BCUT2D eigenvalue weighted by Crippen LogP contribution is -2.51. The summed E-state index contributed by atoms with van der Waals surface area (Å²) in [5.74, 6) is 2.33. The molecule has 4 nitrogen and oxygen atoms in total. The highest BCUT2D eigenvalue weighted by atomic mass is 16.2. The first-order chi connectivity index (χ1) is 8.20. The first kappa shape index (κ1) is 12.4. The molecule has 2 fully saturated rings. The van der Waals surface area contributed by atoms with Gasteiger partial charge in [0.05, 0.1) is 6.04 Å². The van der Waals surface area contributed by atoms with Crippen LogP contribution in [-0.4, -0.2) is 42.0 Å². The van der Waals surface area contributed by atoms with Crippen LogP contribution in [-0.2, 0) is 4.79 Å². The topological polar surface area (TPSA) is 58.4 Å². The van der Waals surface area contributed by atoms with Gasteiger partial charge in [-0.1, -0.05) is 0 Å². The zero-order chi connectivity index (χ0) is 12.3. The van der Waals surface area contributed by atoms with E-state index < -0.39 is 6.04 Å². The standard InChI is InChI=1S/C13H21N3O/c1-2-4-12(14)13(17)15-10-6-8-16-7-3-5-11(16)9-10/h1,10-12H,3-9,14H2,(H,15,17). The van der Waals surface area contributed by atoms with Crippen molar-refractivity contribution in [1.29, 1.82) is 0 Å². The molecule has 0 bridgehead atoms. The van der Waals surface area contributed by atoms with Crippen molar-refractivity contribution in [1.82, 2.24) is 10.2 Å². The summed E-state index contributed by atoms with van der Waals surface area (Å²) in [6.45, 7) is 2.32. The van der Waals surface area contributed by atoms with Gasteiger partial charge in [0.2, 0.25) is 5.91 Å². The number of hydrogen-bond acceptors (Lipinski definition) is 3. The third-order valence-corrected chi connectivity index (χ3v) is 3.84. The first-order valence-corrected chi connectivity index (χ1v) is 6.44. The van der Waals surface area contributed by atoms with Crippen molar-refractivity contribution in [2.75, 3.05) is 13.1 Å². The normalized spacial score (nSPS) is 30.4. The van der Waals surface area contributed by atoms with Gasteiger partial charge in [-0.3, -0.25) is 4.79 Å². The monoisotopic (exact) mass is 235 g/mol. The molecule has 4 heteroatoms. The largest absolute Gasteiger partial charge is 0.352 e. The van der Waals surface area contributed by atoms with E-state index in [1.54, 1.807) is 0 Å². The predicted octanol–water partition coefficient (Wildman–Crippen LogP) is 0.0800. The molecule has 0 radical (unpaired) electrons. The van der Waals surface area contributed by atoms with Gasteiger partial charge < -0.3 is 16.0 Å². The molecule has 2 rings (SSSR count). The summed E-state index contributed by atoms with van der Waals surface area (Å²) >= 11 is 0. The van der Waals surface area contributed by atoms with Crippen LogP contribution in [0.1, 0.15) is 32.1 Å². The van der Waals surface area contributed by atoms with Crippen LogP contribution in [0.4, 0.5) is 0 Å². The third-order valence-electron chi connectivity index (χ3n) is 3.84. The molecule has 1 amide bonds. The summed E-state index contributed by atoms with van der Waals surface area (Å²) in [7, 11) is 0. The van der Waals surface area contributed by atoms with Crippen molar-refractivity contribution in [3.05, 3.63) is 0 Å². The minimum atomic E-state index is -0.554. The van der Waals surface area contributed by atoms with Gasteiger partial charge in [-0.15, -0.1) is 12.3 Å². The summed E-state index contributed by atoms with van der Waals surface area (Å²) in [4.78, 5) is 14.3. The van der Waals surface area contributed by atoms with Gasteiger partial charge >= 0.3 is 0 Å². The highest BCUT2D eigenvalue weighted by Gasteiger charge is 2.32. The molecule has 2 aliphatic rings. The highest BCUT2D eigenvalue weighted by molar-refractivity contribution is 5.82. The van der Waals surface area contributed by atoms with E-state index in [0.29, 0.717) is 12.5 Å². The maximum Gasteiger partial charge on any atom is 0.238 e. The fourth-order valence-corrected chi connectivity index (χ4v) is 2.88. The van der Waals surface area contributed by atoms with Crippen molar-refractivity contribution >= 4 is 5.91 Å². The van der Waals surface area contributed by atoms with E-state index in [2.05, 4.69) is 16.1 Å². The maximum absolute atomic E-state index is 11.7. The molecule has 17 heavy (non-hydrogen) atoms. The molecule has 94 valence electrons. The lowest BCUT2D eigenvalue weighted by molar-refractivity contribution is -0.123. The van der Waals surface area contributed by atoms with Crippen molar-refractivity contribution in [3.63, 3.8) is 0 Å². The predicted molar refractivity (Wildman–Crippen MR) is 67.2 cm³/mol. The van der Waals surface area contributed by atoms with Gasteiger partial charge in [-0.2, -0.15) is 0 Å². The molecule has 0 aromatic rings. The smallest absolute Gasteiger partial charge is 0.238 e. The third kappa shape index (κ3) is 2.99. The van der Waals surface area contributed by atoms with E-state index in [1.807, 2.05) is 0 Å². The van der Waals surface area contributed by atoms with Gasteiger partial charge in [0.1, 0.15) is 0 Å². The van der Waals surface area contributed by atoms with Crippen LogP contribution in [0.15, 0.2) is 0 Å². The van der Waals surface area contributed by atoms with E-state index in [9.17, 15) is 4.79 Å². The van der Waals surface area contributed by atoms with Crippen LogP contribution in [0.5, 0.6) is 0 Å². The number of carbonyl (C=O) groups is 1. The van der Waals surface area contributed by atoms with Gasteiger partial charge in [0.25, 0.3) is 0 Å². The van der Waals surface area contributed by atoms with Crippen molar-refractivity contribution in [3.8, 4) is 12.3 Å². The number of carbonyl (C=O) groups excluding carboxylic acids is 1. The molecule has 0 aliphatic carbocycles. The summed E-state index contributed by atoms with van der Waals surface area (Å²) in [5, 5.41) is 3.03. The van der Waals surface area contributed by atoms with E-state index in [-0.39, 0.29) is 11.9 Å². The lowest BCUT2D eigenvalue weighted by Gasteiger charge is -2.35. The van der Waals surface area contributed by atoms with E-state index in [0.717, 1.165) is 19.4 Å². The number of fused-ring (bicyclic) bond motifs is 1. The Morgan fingerprint density at radius 1 is 1.53 bits per heavy atom. The Balaban J connectivity index is 1.80. The Morgan fingerprint density at radius 2 is 2.35 bits per heavy atom. The molecule has 3 unspecified atom stereocenters. The summed E-state index contributed by atoms with van der Waals surface area (Å²) in [5.41, 5.74) is 5.69. The summed E-state index contributed by atoms with van der Waals surface area (Å²) < 4.78 is 0. The summed E-state index contributed by atoms with van der Waals surface area (Å²) in [6.07, 6.45) is 10.1. The molecule has 2 heterocycles. The zero-order valence-corrected chi connectivity index (χ0v) is 10.2. The quantitative estimate of drug-likeness (QED) is 0.681. The second-order valence-corrected chi connectivity index (χ2v) is 5.08. The Morgan fingerprint density at radius 3 is 3.12 bits per heavy atom. The van der Waals surface area contributed by atoms with Gasteiger partial charge in [-0.25, -0.2) is 0 Å². The number of rotatable bonds is 3. The fraction of sp³-hybridized carbons (Fsp3) is 0.769.